The first-order valence-corrected chi connectivity index (χ1v) is 8.51. The molecule has 0 saturated carbocycles. The highest BCUT2D eigenvalue weighted by molar-refractivity contribution is 7.15. The van der Waals surface area contributed by atoms with Gasteiger partial charge in [-0.2, -0.15) is 0 Å². The summed E-state index contributed by atoms with van der Waals surface area (Å²) in [6.45, 7) is 1.78. The highest BCUT2D eigenvalue weighted by atomic mass is 35.5. The highest BCUT2D eigenvalue weighted by Gasteiger charge is 2.40. The number of aromatic nitrogens is 1. The molecule has 126 valence electrons. The van der Waals surface area contributed by atoms with Crippen molar-refractivity contribution < 1.29 is 14.3 Å². The number of hydrogen-bond donors (Lipinski definition) is 1. The van der Waals surface area contributed by atoms with Gasteiger partial charge >= 0.3 is 0 Å². The van der Waals surface area contributed by atoms with E-state index in [4.69, 9.17) is 16.3 Å². The average Bonchev–Trinajstić information content (AvgIpc) is 2.96. The molecular formula is C16H16ClN3O3S. The second-order valence-corrected chi connectivity index (χ2v) is 7.17. The lowest BCUT2D eigenvalue weighted by molar-refractivity contribution is -0.160. The molecule has 1 aromatic heterocycles. The number of nitrogens with zero attached hydrogens (tertiary/aromatic N) is 2. The van der Waals surface area contributed by atoms with Crippen LogP contribution in [-0.2, 0) is 14.3 Å². The molecule has 2 aromatic rings. The van der Waals surface area contributed by atoms with E-state index < -0.39 is 12.1 Å². The van der Waals surface area contributed by atoms with Gasteiger partial charge in [0, 0.05) is 23.1 Å². The Hall–Kier alpha value is -1.96. The molecule has 1 fully saturated rings. The van der Waals surface area contributed by atoms with Gasteiger partial charge in [0.2, 0.25) is 5.91 Å². The fraction of sp³-hybridized carbons (Fsp3) is 0.312. The molecule has 6 nitrogen and oxygen atoms in total. The third-order valence-corrected chi connectivity index (χ3v) is 4.89. The summed E-state index contributed by atoms with van der Waals surface area (Å²) >= 11 is 7.31. The summed E-state index contributed by atoms with van der Waals surface area (Å²) in [7, 11) is 1.66. The smallest absolute Gasteiger partial charge is 0.257 e. The number of carbonyl (C=O) groups is 2. The van der Waals surface area contributed by atoms with Crippen LogP contribution in [0.2, 0.25) is 5.02 Å². The molecule has 2 atom stereocenters. The Morgan fingerprint density at radius 1 is 1.42 bits per heavy atom. The quantitative estimate of drug-likeness (QED) is 0.907. The van der Waals surface area contributed by atoms with E-state index in [2.05, 4.69) is 10.3 Å². The monoisotopic (exact) mass is 365 g/mol. The summed E-state index contributed by atoms with van der Waals surface area (Å²) < 4.78 is 5.54. The van der Waals surface area contributed by atoms with Crippen molar-refractivity contribution in [3.8, 4) is 0 Å². The lowest BCUT2D eigenvalue weighted by Gasteiger charge is -2.38. The van der Waals surface area contributed by atoms with Crippen LogP contribution >= 0.6 is 22.9 Å². The van der Waals surface area contributed by atoms with Crippen LogP contribution in [0.3, 0.4) is 0 Å². The van der Waals surface area contributed by atoms with E-state index in [9.17, 15) is 9.59 Å². The number of hydrogen-bond acceptors (Lipinski definition) is 5. The Kier molecular flexibility index (Phi) is 4.84. The SMILES string of the molecule is Cc1cnc(NC(=O)[C@H]2OCC(=O)N(C)[C@@H]2c2ccc(Cl)cc2)s1. The van der Waals surface area contributed by atoms with E-state index in [1.807, 2.05) is 6.92 Å². The number of likely N-dealkylation sites (N-methyl/N-ethyl adjacent to an activating group) is 1. The maximum atomic E-state index is 12.6. The molecule has 0 bridgehead atoms. The molecule has 1 N–H and O–H groups in total. The summed E-state index contributed by atoms with van der Waals surface area (Å²) in [6.07, 6.45) is 0.868. The largest absolute Gasteiger partial charge is 0.356 e. The van der Waals surface area contributed by atoms with Crippen molar-refractivity contribution in [1.82, 2.24) is 9.88 Å². The maximum absolute atomic E-state index is 12.6. The van der Waals surface area contributed by atoms with E-state index in [0.29, 0.717) is 10.2 Å². The van der Waals surface area contributed by atoms with Gasteiger partial charge in [0.15, 0.2) is 11.2 Å². The molecule has 2 heterocycles. The van der Waals surface area contributed by atoms with Gasteiger partial charge in [-0.15, -0.1) is 11.3 Å². The van der Waals surface area contributed by atoms with Crippen molar-refractivity contribution in [2.45, 2.75) is 19.1 Å². The Labute approximate surface area is 148 Å². The summed E-state index contributed by atoms with van der Waals surface area (Å²) in [5.74, 6) is -0.507. The fourth-order valence-electron chi connectivity index (χ4n) is 2.58. The van der Waals surface area contributed by atoms with E-state index in [-0.39, 0.29) is 18.4 Å². The zero-order chi connectivity index (χ0) is 17.3. The molecule has 0 unspecified atom stereocenters. The van der Waals surface area contributed by atoms with Crippen LogP contribution in [0.25, 0.3) is 0 Å². The van der Waals surface area contributed by atoms with E-state index in [1.54, 1.807) is 37.5 Å². The molecule has 1 aromatic carbocycles. The van der Waals surface area contributed by atoms with Crippen LogP contribution in [-0.4, -0.2) is 41.5 Å². The molecule has 8 heteroatoms. The number of anilines is 1. The number of ether oxygens (including phenoxy) is 1. The summed E-state index contributed by atoms with van der Waals surface area (Å²) in [5, 5.41) is 3.85. The van der Waals surface area contributed by atoms with Crippen molar-refractivity contribution in [1.29, 1.82) is 0 Å². The van der Waals surface area contributed by atoms with Gasteiger partial charge in [0.05, 0.1) is 6.04 Å². The van der Waals surface area contributed by atoms with Crippen molar-refractivity contribution in [3.63, 3.8) is 0 Å². The number of morpholine rings is 1. The summed E-state index contributed by atoms with van der Waals surface area (Å²) in [4.78, 5) is 31.3. The summed E-state index contributed by atoms with van der Waals surface area (Å²) in [5.41, 5.74) is 0.783. The minimum absolute atomic E-state index is 0.129. The minimum atomic E-state index is -0.821. The second kappa shape index (κ2) is 6.88. The number of aryl methyl sites for hydroxylation is 1. The number of rotatable bonds is 3. The summed E-state index contributed by atoms with van der Waals surface area (Å²) in [6, 6.07) is 6.51. The molecule has 1 saturated heterocycles. The van der Waals surface area contributed by atoms with Crippen LogP contribution in [0.5, 0.6) is 0 Å². The molecule has 1 aliphatic heterocycles. The lowest BCUT2D eigenvalue weighted by Crippen LogP contribution is -2.51. The Morgan fingerprint density at radius 3 is 2.75 bits per heavy atom. The van der Waals surface area contributed by atoms with Crippen LogP contribution in [0.4, 0.5) is 5.13 Å². The third-order valence-electron chi connectivity index (χ3n) is 3.81. The third kappa shape index (κ3) is 3.43. The first kappa shape index (κ1) is 16.9. The minimum Gasteiger partial charge on any atom is -0.356 e. The zero-order valence-electron chi connectivity index (χ0n) is 13.2. The predicted molar refractivity (Wildman–Crippen MR) is 92.2 cm³/mol. The first-order valence-electron chi connectivity index (χ1n) is 7.31. The van der Waals surface area contributed by atoms with Crippen molar-refractivity contribution in [2.75, 3.05) is 19.0 Å². The van der Waals surface area contributed by atoms with Gasteiger partial charge in [-0.3, -0.25) is 14.9 Å². The average molecular weight is 366 g/mol. The molecule has 3 rings (SSSR count). The van der Waals surface area contributed by atoms with E-state index in [0.717, 1.165) is 10.4 Å². The molecular weight excluding hydrogens is 350 g/mol. The van der Waals surface area contributed by atoms with Gasteiger partial charge in [-0.25, -0.2) is 4.98 Å². The van der Waals surface area contributed by atoms with Gasteiger partial charge in [0.1, 0.15) is 6.61 Å². The predicted octanol–water partition coefficient (Wildman–Crippen LogP) is 2.64. The Bertz CT molecular complexity index is 762. The van der Waals surface area contributed by atoms with Crippen molar-refractivity contribution >= 4 is 39.9 Å². The first-order chi connectivity index (χ1) is 11.5. The van der Waals surface area contributed by atoms with Crippen LogP contribution in [0.15, 0.2) is 30.5 Å². The Morgan fingerprint density at radius 2 is 2.12 bits per heavy atom. The lowest BCUT2D eigenvalue weighted by atomic mass is 9.98. The van der Waals surface area contributed by atoms with E-state index in [1.165, 1.54) is 16.2 Å². The number of carbonyl (C=O) groups excluding carboxylic acids is 2. The van der Waals surface area contributed by atoms with Crippen molar-refractivity contribution in [3.05, 3.63) is 45.9 Å². The van der Waals surface area contributed by atoms with Crippen molar-refractivity contribution in [2.24, 2.45) is 0 Å². The Balaban J connectivity index is 1.86. The molecule has 0 aliphatic carbocycles. The molecule has 1 aliphatic rings. The van der Waals surface area contributed by atoms with Gasteiger partial charge in [-0.1, -0.05) is 23.7 Å². The van der Waals surface area contributed by atoms with Crippen LogP contribution < -0.4 is 5.32 Å². The maximum Gasteiger partial charge on any atom is 0.257 e. The van der Waals surface area contributed by atoms with Gasteiger partial charge in [0.25, 0.3) is 5.91 Å². The normalized spacial score (nSPS) is 21.0. The molecule has 0 radical (unpaired) electrons. The zero-order valence-corrected chi connectivity index (χ0v) is 14.7. The van der Waals surface area contributed by atoms with Gasteiger partial charge < -0.3 is 9.64 Å². The van der Waals surface area contributed by atoms with Gasteiger partial charge in [-0.05, 0) is 24.6 Å². The highest BCUT2D eigenvalue weighted by Crippen LogP contribution is 2.31. The number of amides is 2. The topological polar surface area (TPSA) is 71.5 Å². The number of halogens is 1. The van der Waals surface area contributed by atoms with Crippen LogP contribution in [0.1, 0.15) is 16.5 Å². The fourth-order valence-corrected chi connectivity index (χ4v) is 3.37. The molecule has 0 spiro atoms. The second-order valence-electron chi connectivity index (χ2n) is 5.50. The molecule has 2 amide bonds. The number of thiazole rings is 1. The molecule has 24 heavy (non-hydrogen) atoms. The van der Waals surface area contributed by atoms with Crippen LogP contribution in [0, 0.1) is 6.92 Å². The van der Waals surface area contributed by atoms with E-state index >= 15 is 0 Å². The standard InChI is InChI=1S/C16H16ClN3O3S/c1-9-7-18-16(24-9)19-15(22)14-13(20(2)12(21)8-23-14)10-3-5-11(17)6-4-10/h3-7,13-14H,8H2,1-2H3,(H,18,19,22)/t13-,14+/m1/s1. The number of nitrogens with one attached hydrogen (secondary N) is 1. The number of benzene rings is 1.